The van der Waals surface area contributed by atoms with E-state index in [1.54, 1.807) is 6.07 Å². The molecular weight excluding hydrogens is 250 g/mol. The summed E-state index contributed by atoms with van der Waals surface area (Å²) in [6.45, 7) is 6.68. The summed E-state index contributed by atoms with van der Waals surface area (Å²) in [4.78, 5) is 8.71. The monoisotopic (exact) mass is 267 g/mol. The zero-order valence-corrected chi connectivity index (χ0v) is 11.9. The Morgan fingerprint density at radius 3 is 2.70 bits per heavy atom. The third-order valence-electron chi connectivity index (χ3n) is 2.82. The van der Waals surface area contributed by atoms with Crippen molar-refractivity contribution < 1.29 is 0 Å². The first-order chi connectivity index (χ1) is 9.62. The van der Waals surface area contributed by atoms with E-state index in [0.717, 1.165) is 23.5 Å². The Morgan fingerprint density at radius 2 is 2.00 bits per heavy atom. The SMILES string of the molecule is CCNc1nc(C)cc(Nc2cc(C#N)ccc2C)n1. The van der Waals surface area contributed by atoms with Gasteiger partial charge in [-0.25, -0.2) is 4.98 Å². The minimum atomic E-state index is 0.601. The highest BCUT2D eigenvalue weighted by molar-refractivity contribution is 5.63. The number of aryl methyl sites for hydroxylation is 2. The van der Waals surface area contributed by atoms with E-state index in [0.29, 0.717) is 17.3 Å². The zero-order valence-electron chi connectivity index (χ0n) is 11.9. The number of aromatic nitrogens is 2. The number of nitriles is 1. The molecule has 0 unspecified atom stereocenters. The van der Waals surface area contributed by atoms with Gasteiger partial charge < -0.3 is 10.6 Å². The predicted molar refractivity (Wildman–Crippen MR) is 80.1 cm³/mol. The van der Waals surface area contributed by atoms with Crippen molar-refractivity contribution in [1.29, 1.82) is 5.26 Å². The lowest BCUT2D eigenvalue weighted by molar-refractivity contribution is 1.05. The highest BCUT2D eigenvalue weighted by Crippen LogP contribution is 2.21. The normalized spacial score (nSPS) is 9.90. The third-order valence-corrected chi connectivity index (χ3v) is 2.82. The molecule has 2 N–H and O–H groups in total. The van der Waals surface area contributed by atoms with Gasteiger partial charge in [0.1, 0.15) is 5.82 Å². The van der Waals surface area contributed by atoms with Gasteiger partial charge in [0.25, 0.3) is 0 Å². The Labute approximate surface area is 118 Å². The molecule has 0 fully saturated rings. The lowest BCUT2D eigenvalue weighted by atomic mass is 10.1. The van der Waals surface area contributed by atoms with Gasteiger partial charge in [-0.05, 0) is 38.5 Å². The molecular formula is C15H17N5. The number of anilines is 3. The van der Waals surface area contributed by atoms with Crippen molar-refractivity contribution in [3.05, 3.63) is 41.1 Å². The zero-order chi connectivity index (χ0) is 14.5. The third kappa shape index (κ3) is 3.23. The van der Waals surface area contributed by atoms with Gasteiger partial charge in [-0.2, -0.15) is 10.2 Å². The summed E-state index contributed by atoms with van der Waals surface area (Å²) >= 11 is 0. The van der Waals surface area contributed by atoms with Crippen molar-refractivity contribution in [2.75, 3.05) is 17.2 Å². The molecule has 20 heavy (non-hydrogen) atoms. The van der Waals surface area contributed by atoms with Gasteiger partial charge in [-0.15, -0.1) is 0 Å². The van der Waals surface area contributed by atoms with Crippen LogP contribution in [0.15, 0.2) is 24.3 Å². The molecule has 1 heterocycles. The second-order valence-corrected chi connectivity index (χ2v) is 4.52. The minimum absolute atomic E-state index is 0.601. The Balaban J connectivity index is 2.32. The van der Waals surface area contributed by atoms with Gasteiger partial charge in [-0.3, -0.25) is 0 Å². The molecule has 0 saturated carbocycles. The van der Waals surface area contributed by atoms with E-state index in [4.69, 9.17) is 5.26 Å². The lowest BCUT2D eigenvalue weighted by Gasteiger charge is -2.11. The maximum absolute atomic E-state index is 8.96. The van der Waals surface area contributed by atoms with E-state index < -0.39 is 0 Å². The highest BCUT2D eigenvalue weighted by atomic mass is 15.1. The maximum Gasteiger partial charge on any atom is 0.224 e. The summed E-state index contributed by atoms with van der Waals surface area (Å²) in [7, 11) is 0. The average Bonchev–Trinajstić information content (AvgIpc) is 2.41. The molecule has 0 saturated heterocycles. The van der Waals surface area contributed by atoms with Crippen LogP contribution in [0.3, 0.4) is 0 Å². The van der Waals surface area contributed by atoms with Crippen LogP contribution in [-0.2, 0) is 0 Å². The number of benzene rings is 1. The molecule has 2 rings (SSSR count). The summed E-state index contributed by atoms with van der Waals surface area (Å²) in [5.74, 6) is 1.32. The standard InChI is InChI=1S/C15H17N5/c1-4-17-15-18-11(3)7-14(20-15)19-13-8-12(9-16)6-5-10(13)2/h5-8H,4H2,1-3H3,(H2,17,18,19,20). The second-order valence-electron chi connectivity index (χ2n) is 4.52. The summed E-state index contributed by atoms with van der Waals surface area (Å²) in [5.41, 5.74) is 3.44. The number of nitrogens with one attached hydrogen (secondary N) is 2. The number of nitrogens with zero attached hydrogens (tertiary/aromatic N) is 3. The molecule has 0 radical (unpaired) electrons. The van der Waals surface area contributed by atoms with E-state index in [9.17, 15) is 0 Å². The topological polar surface area (TPSA) is 73.6 Å². The quantitative estimate of drug-likeness (QED) is 0.890. The van der Waals surface area contributed by atoms with Crippen LogP contribution >= 0.6 is 0 Å². The van der Waals surface area contributed by atoms with Crippen LogP contribution in [0.5, 0.6) is 0 Å². The first-order valence-electron chi connectivity index (χ1n) is 6.49. The molecule has 2 aromatic rings. The van der Waals surface area contributed by atoms with Crippen LogP contribution in [0.25, 0.3) is 0 Å². The number of hydrogen-bond donors (Lipinski definition) is 2. The largest absolute Gasteiger partial charge is 0.354 e. The highest BCUT2D eigenvalue weighted by Gasteiger charge is 2.05. The van der Waals surface area contributed by atoms with Crippen molar-refractivity contribution in [2.24, 2.45) is 0 Å². The molecule has 1 aromatic carbocycles. The van der Waals surface area contributed by atoms with Gasteiger partial charge in [0.15, 0.2) is 0 Å². The van der Waals surface area contributed by atoms with E-state index >= 15 is 0 Å². The van der Waals surface area contributed by atoms with Crippen LogP contribution in [0.1, 0.15) is 23.7 Å². The van der Waals surface area contributed by atoms with Crippen molar-refractivity contribution >= 4 is 17.5 Å². The van der Waals surface area contributed by atoms with E-state index in [-0.39, 0.29) is 0 Å². The Morgan fingerprint density at radius 1 is 1.20 bits per heavy atom. The van der Waals surface area contributed by atoms with E-state index in [2.05, 4.69) is 26.7 Å². The molecule has 5 heteroatoms. The average molecular weight is 267 g/mol. The van der Waals surface area contributed by atoms with Crippen molar-refractivity contribution in [2.45, 2.75) is 20.8 Å². The Bertz CT molecular complexity index is 658. The molecule has 0 aliphatic heterocycles. The van der Waals surface area contributed by atoms with E-state index in [1.165, 1.54) is 0 Å². The molecule has 0 atom stereocenters. The van der Waals surface area contributed by atoms with Crippen LogP contribution in [0.4, 0.5) is 17.5 Å². The summed E-state index contributed by atoms with van der Waals surface area (Å²) in [6, 6.07) is 9.55. The number of hydrogen-bond acceptors (Lipinski definition) is 5. The molecule has 0 amide bonds. The van der Waals surface area contributed by atoms with Crippen molar-refractivity contribution in [3.8, 4) is 6.07 Å². The number of rotatable bonds is 4. The molecule has 0 spiro atoms. The summed E-state index contributed by atoms with van der Waals surface area (Å²) in [6.07, 6.45) is 0. The van der Waals surface area contributed by atoms with Crippen LogP contribution in [0, 0.1) is 25.2 Å². The van der Waals surface area contributed by atoms with Gasteiger partial charge in [0.05, 0.1) is 11.6 Å². The summed E-state index contributed by atoms with van der Waals surface area (Å²) in [5, 5.41) is 15.3. The van der Waals surface area contributed by atoms with Crippen molar-refractivity contribution in [1.82, 2.24) is 9.97 Å². The second kappa shape index (κ2) is 6.02. The first kappa shape index (κ1) is 13.8. The van der Waals surface area contributed by atoms with Gasteiger partial charge in [0.2, 0.25) is 5.95 Å². The van der Waals surface area contributed by atoms with Crippen molar-refractivity contribution in [3.63, 3.8) is 0 Å². The molecule has 0 aliphatic rings. The van der Waals surface area contributed by atoms with Crippen LogP contribution in [0.2, 0.25) is 0 Å². The molecule has 0 bridgehead atoms. The maximum atomic E-state index is 8.96. The van der Waals surface area contributed by atoms with Gasteiger partial charge in [-0.1, -0.05) is 6.07 Å². The summed E-state index contributed by atoms with van der Waals surface area (Å²) < 4.78 is 0. The molecule has 1 aromatic heterocycles. The van der Waals surface area contributed by atoms with Crippen LogP contribution < -0.4 is 10.6 Å². The van der Waals surface area contributed by atoms with Gasteiger partial charge in [0, 0.05) is 24.0 Å². The van der Waals surface area contributed by atoms with E-state index in [1.807, 2.05) is 39.0 Å². The first-order valence-corrected chi connectivity index (χ1v) is 6.49. The predicted octanol–water partition coefficient (Wildman–Crippen LogP) is 3.14. The minimum Gasteiger partial charge on any atom is -0.354 e. The molecule has 0 aliphatic carbocycles. The molecule has 102 valence electrons. The Hall–Kier alpha value is -2.61. The molecule has 5 nitrogen and oxygen atoms in total. The fraction of sp³-hybridized carbons (Fsp3) is 0.267. The lowest BCUT2D eigenvalue weighted by Crippen LogP contribution is -2.05. The van der Waals surface area contributed by atoms with Gasteiger partial charge >= 0.3 is 0 Å². The fourth-order valence-corrected chi connectivity index (χ4v) is 1.83. The fourth-order valence-electron chi connectivity index (χ4n) is 1.83. The van der Waals surface area contributed by atoms with Crippen LogP contribution in [-0.4, -0.2) is 16.5 Å². The smallest absolute Gasteiger partial charge is 0.224 e. The Kier molecular flexibility index (Phi) is 4.16.